The van der Waals surface area contributed by atoms with E-state index in [0.29, 0.717) is 5.56 Å². The molecule has 0 aliphatic heterocycles. The fourth-order valence-electron chi connectivity index (χ4n) is 4.01. The maximum atomic E-state index is 12.9. The van der Waals surface area contributed by atoms with E-state index >= 15 is 0 Å². The normalized spacial score (nSPS) is 11.7. The Balaban J connectivity index is 1.39. The summed E-state index contributed by atoms with van der Waals surface area (Å²) in [6.07, 6.45) is 0. The number of hydrogen-bond donors (Lipinski definition) is 2. The van der Waals surface area contributed by atoms with Crippen LogP contribution in [0.3, 0.4) is 0 Å². The van der Waals surface area contributed by atoms with Gasteiger partial charge in [0.15, 0.2) is 0 Å². The first-order valence-electron chi connectivity index (χ1n) is 11.3. The molecular formula is C29H28N2O3. The largest absolute Gasteiger partial charge is 0.457 e. The second-order valence-corrected chi connectivity index (χ2v) is 8.48. The van der Waals surface area contributed by atoms with Crippen LogP contribution in [-0.2, 0) is 16.1 Å². The number of amides is 1. The van der Waals surface area contributed by atoms with Crippen molar-refractivity contribution in [2.75, 3.05) is 11.9 Å². The van der Waals surface area contributed by atoms with Gasteiger partial charge in [-0.1, -0.05) is 72.3 Å². The maximum absolute atomic E-state index is 12.9. The number of fused-ring (bicyclic) bond motifs is 1. The van der Waals surface area contributed by atoms with Gasteiger partial charge in [0.05, 0.1) is 11.5 Å². The third kappa shape index (κ3) is 5.33. The van der Waals surface area contributed by atoms with Gasteiger partial charge in [-0.3, -0.25) is 4.79 Å². The summed E-state index contributed by atoms with van der Waals surface area (Å²) in [6, 6.07) is 26.9. The van der Waals surface area contributed by atoms with Crippen LogP contribution in [0.1, 0.15) is 38.5 Å². The predicted octanol–water partition coefficient (Wildman–Crippen LogP) is 5.49. The van der Waals surface area contributed by atoms with Crippen molar-refractivity contribution < 1.29 is 14.3 Å². The third-order valence-corrected chi connectivity index (χ3v) is 5.92. The van der Waals surface area contributed by atoms with Gasteiger partial charge in [-0.05, 0) is 59.5 Å². The smallest absolute Gasteiger partial charge is 0.338 e. The van der Waals surface area contributed by atoms with E-state index < -0.39 is 5.92 Å². The molecule has 1 amide bonds. The van der Waals surface area contributed by atoms with Crippen LogP contribution >= 0.6 is 0 Å². The fraction of sp³-hybridized carbons (Fsp3) is 0.172. The highest BCUT2D eigenvalue weighted by Crippen LogP contribution is 2.22. The molecule has 5 nitrogen and oxygen atoms in total. The van der Waals surface area contributed by atoms with Gasteiger partial charge in [-0.25, -0.2) is 4.79 Å². The number of aryl methyl sites for hydroxylation is 2. The quantitative estimate of drug-likeness (QED) is 0.363. The van der Waals surface area contributed by atoms with Crippen molar-refractivity contribution in [1.29, 1.82) is 0 Å². The van der Waals surface area contributed by atoms with Gasteiger partial charge in [0.2, 0.25) is 5.91 Å². The van der Waals surface area contributed by atoms with E-state index in [-0.39, 0.29) is 25.0 Å². The average Bonchev–Trinajstić information content (AvgIpc) is 2.83. The minimum absolute atomic E-state index is 0.156. The molecule has 0 aliphatic carbocycles. The zero-order valence-electron chi connectivity index (χ0n) is 19.4. The van der Waals surface area contributed by atoms with Gasteiger partial charge in [0.1, 0.15) is 6.61 Å². The Kier molecular flexibility index (Phi) is 7.04. The van der Waals surface area contributed by atoms with E-state index in [1.807, 2.05) is 92.7 Å². The van der Waals surface area contributed by atoms with Gasteiger partial charge in [-0.15, -0.1) is 0 Å². The molecule has 172 valence electrons. The summed E-state index contributed by atoms with van der Waals surface area (Å²) >= 11 is 0. The highest BCUT2D eigenvalue weighted by atomic mass is 16.5. The van der Waals surface area contributed by atoms with Gasteiger partial charge < -0.3 is 15.8 Å². The molecule has 34 heavy (non-hydrogen) atoms. The van der Waals surface area contributed by atoms with Crippen molar-refractivity contribution in [3.05, 3.63) is 113 Å². The standard InChI is InChI=1S/C29H28N2O3/c1-19-7-14-26(20(2)15-19)29(33)34-18-21-8-10-23(11-9-21)27(17-30)28(32)31-25-13-12-22-5-3-4-6-24(22)16-25/h3-16,27H,17-18,30H2,1-2H3,(H,31,32)/t27-/m1/s1. The highest BCUT2D eigenvalue weighted by molar-refractivity contribution is 5.98. The molecule has 4 aromatic rings. The molecule has 0 unspecified atom stereocenters. The summed E-state index contributed by atoms with van der Waals surface area (Å²) in [6.45, 7) is 4.22. The minimum atomic E-state index is -0.488. The summed E-state index contributed by atoms with van der Waals surface area (Å²) in [5.41, 5.74) is 10.9. The number of hydrogen-bond acceptors (Lipinski definition) is 4. The van der Waals surface area contributed by atoms with Crippen molar-refractivity contribution in [3.8, 4) is 0 Å². The zero-order chi connectivity index (χ0) is 24.1. The Hall–Kier alpha value is -3.96. The minimum Gasteiger partial charge on any atom is -0.457 e. The molecular weight excluding hydrogens is 424 g/mol. The molecule has 0 aliphatic rings. The van der Waals surface area contributed by atoms with E-state index in [9.17, 15) is 9.59 Å². The number of benzene rings is 4. The summed E-state index contributed by atoms with van der Waals surface area (Å²) in [4.78, 5) is 25.4. The molecule has 0 saturated heterocycles. The first-order chi connectivity index (χ1) is 16.4. The first kappa shape index (κ1) is 23.2. The van der Waals surface area contributed by atoms with Crippen LogP contribution in [0.25, 0.3) is 10.8 Å². The van der Waals surface area contributed by atoms with Gasteiger partial charge >= 0.3 is 5.97 Å². The Labute approximate surface area is 199 Å². The maximum Gasteiger partial charge on any atom is 0.338 e. The number of ether oxygens (including phenoxy) is 1. The Morgan fingerprint density at radius 2 is 1.62 bits per heavy atom. The summed E-state index contributed by atoms with van der Waals surface area (Å²) < 4.78 is 5.48. The lowest BCUT2D eigenvalue weighted by atomic mass is 9.97. The van der Waals surface area contributed by atoms with E-state index in [4.69, 9.17) is 10.5 Å². The molecule has 5 heteroatoms. The monoisotopic (exact) mass is 452 g/mol. The number of esters is 1. The van der Waals surface area contributed by atoms with Crippen molar-refractivity contribution in [3.63, 3.8) is 0 Å². The molecule has 3 N–H and O–H groups in total. The van der Waals surface area contributed by atoms with E-state index in [2.05, 4.69) is 5.32 Å². The average molecular weight is 453 g/mol. The number of rotatable bonds is 7. The number of anilines is 1. The molecule has 0 radical (unpaired) electrons. The van der Waals surface area contributed by atoms with Crippen LogP contribution in [0.4, 0.5) is 5.69 Å². The molecule has 4 rings (SSSR count). The van der Waals surface area contributed by atoms with Crippen LogP contribution in [0.5, 0.6) is 0 Å². The molecule has 0 fully saturated rings. The van der Waals surface area contributed by atoms with Crippen molar-refractivity contribution >= 4 is 28.3 Å². The number of carbonyl (C=O) groups is 2. The highest BCUT2D eigenvalue weighted by Gasteiger charge is 2.19. The van der Waals surface area contributed by atoms with Crippen LogP contribution in [0, 0.1) is 13.8 Å². The van der Waals surface area contributed by atoms with Gasteiger partial charge in [0.25, 0.3) is 0 Å². The van der Waals surface area contributed by atoms with Crippen LogP contribution < -0.4 is 11.1 Å². The molecule has 0 heterocycles. The lowest BCUT2D eigenvalue weighted by Crippen LogP contribution is -2.27. The third-order valence-electron chi connectivity index (χ3n) is 5.92. The topological polar surface area (TPSA) is 81.4 Å². The predicted molar refractivity (Wildman–Crippen MR) is 136 cm³/mol. The molecule has 0 aromatic heterocycles. The molecule has 0 saturated carbocycles. The molecule has 4 aromatic carbocycles. The second kappa shape index (κ2) is 10.3. The summed E-state index contributed by atoms with van der Waals surface area (Å²) in [5, 5.41) is 5.15. The van der Waals surface area contributed by atoms with E-state index in [0.717, 1.165) is 38.7 Å². The molecule has 1 atom stereocenters. The Morgan fingerprint density at radius 3 is 2.32 bits per heavy atom. The first-order valence-corrected chi connectivity index (χ1v) is 11.3. The second-order valence-electron chi connectivity index (χ2n) is 8.48. The van der Waals surface area contributed by atoms with Gasteiger partial charge in [0, 0.05) is 12.2 Å². The summed E-state index contributed by atoms with van der Waals surface area (Å²) in [5.74, 6) is -0.999. The van der Waals surface area contributed by atoms with Crippen molar-refractivity contribution in [2.45, 2.75) is 26.4 Å². The Morgan fingerprint density at radius 1 is 0.882 bits per heavy atom. The SMILES string of the molecule is Cc1ccc(C(=O)OCc2ccc([C@@H](CN)C(=O)Nc3ccc4ccccc4c3)cc2)c(C)c1. The lowest BCUT2D eigenvalue weighted by Gasteiger charge is -2.16. The zero-order valence-corrected chi connectivity index (χ0v) is 19.4. The van der Waals surface area contributed by atoms with Crippen molar-refractivity contribution in [1.82, 2.24) is 0 Å². The van der Waals surface area contributed by atoms with Crippen LogP contribution in [0.15, 0.2) is 84.9 Å². The van der Waals surface area contributed by atoms with Crippen molar-refractivity contribution in [2.24, 2.45) is 5.73 Å². The number of carbonyl (C=O) groups excluding carboxylic acids is 2. The number of nitrogens with two attached hydrogens (primary N) is 1. The molecule has 0 spiro atoms. The lowest BCUT2D eigenvalue weighted by molar-refractivity contribution is -0.117. The fourth-order valence-corrected chi connectivity index (χ4v) is 4.01. The Bertz CT molecular complexity index is 1330. The van der Waals surface area contributed by atoms with E-state index in [1.54, 1.807) is 6.07 Å². The number of nitrogens with one attached hydrogen (secondary N) is 1. The van der Waals surface area contributed by atoms with Gasteiger partial charge in [-0.2, -0.15) is 0 Å². The molecule has 0 bridgehead atoms. The van der Waals surface area contributed by atoms with Crippen LogP contribution in [0.2, 0.25) is 0 Å². The van der Waals surface area contributed by atoms with Crippen LogP contribution in [-0.4, -0.2) is 18.4 Å². The summed E-state index contributed by atoms with van der Waals surface area (Å²) in [7, 11) is 0. The van der Waals surface area contributed by atoms with E-state index in [1.165, 1.54) is 0 Å².